The molecule has 2 heterocycles. The Hall–Kier alpha value is -3.56. The van der Waals surface area contributed by atoms with E-state index in [2.05, 4.69) is 20.6 Å². The Bertz CT molecular complexity index is 1130. The summed E-state index contributed by atoms with van der Waals surface area (Å²) in [5, 5.41) is 6.59. The molecule has 7 nitrogen and oxygen atoms in total. The minimum absolute atomic E-state index is 0.00547. The van der Waals surface area contributed by atoms with Crippen LogP contribution in [0.1, 0.15) is 18.9 Å². The van der Waals surface area contributed by atoms with Crippen molar-refractivity contribution in [3.63, 3.8) is 0 Å². The highest BCUT2D eigenvalue weighted by molar-refractivity contribution is 5.91. The van der Waals surface area contributed by atoms with E-state index in [9.17, 15) is 18.0 Å². The summed E-state index contributed by atoms with van der Waals surface area (Å²) in [6.45, 7) is 2.74. The van der Waals surface area contributed by atoms with E-state index in [-0.39, 0.29) is 29.3 Å². The number of nitrogens with two attached hydrogens (primary N) is 1. The van der Waals surface area contributed by atoms with Crippen LogP contribution in [0.25, 0.3) is 10.9 Å². The molecule has 4 rings (SSSR count). The fraction of sp³-hybridized carbons (Fsp3) is 0.286. The second-order valence-electron chi connectivity index (χ2n) is 7.49. The Morgan fingerprint density at radius 2 is 1.97 bits per heavy atom. The second kappa shape index (κ2) is 7.93. The van der Waals surface area contributed by atoms with E-state index in [1.165, 1.54) is 13.0 Å². The van der Waals surface area contributed by atoms with Gasteiger partial charge in [0.2, 0.25) is 11.9 Å². The molecule has 0 saturated carbocycles. The molecule has 0 spiro atoms. The van der Waals surface area contributed by atoms with Gasteiger partial charge in [0, 0.05) is 42.8 Å². The Morgan fingerprint density at radius 3 is 2.71 bits per heavy atom. The molecular weight excluding hydrogens is 409 g/mol. The third-order valence-corrected chi connectivity index (χ3v) is 5.02. The van der Waals surface area contributed by atoms with Gasteiger partial charge in [-0.25, -0.2) is 4.98 Å². The molecule has 1 atom stereocenters. The zero-order valence-corrected chi connectivity index (χ0v) is 16.7. The molecule has 31 heavy (non-hydrogen) atoms. The molecule has 0 aliphatic carbocycles. The second-order valence-corrected chi connectivity index (χ2v) is 7.49. The first-order valence-corrected chi connectivity index (χ1v) is 9.72. The summed E-state index contributed by atoms with van der Waals surface area (Å²) in [7, 11) is 0. The number of para-hydroxylation sites is 1. The highest BCUT2D eigenvalue weighted by atomic mass is 19.4. The Labute approximate surface area is 176 Å². The van der Waals surface area contributed by atoms with Gasteiger partial charge < -0.3 is 21.3 Å². The third kappa shape index (κ3) is 4.62. The molecular formula is C21H21F3N6O. The van der Waals surface area contributed by atoms with Gasteiger partial charge in [0.25, 0.3) is 0 Å². The van der Waals surface area contributed by atoms with Gasteiger partial charge in [-0.05, 0) is 36.8 Å². The number of hydrogen-bond donors (Lipinski definition) is 3. The van der Waals surface area contributed by atoms with Crippen molar-refractivity contribution >= 4 is 40.0 Å². The maximum atomic E-state index is 13.1. The van der Waals surface area contributed by atoms with Crippen molar-refractivity contribution in [1.29, 1.82) is 0 Å². The first-order valence-electron chi connectivity index (χ1n) is 9.72. The van der Waals surface area contributed by atoms with Gasteiger partial charge in [-0.1, -0.05) is 12.1 Å². The number of benzene rings is 2. The molecule has 1 saturated heterocycles. The van der Waals surface area contributed by atoms with Gasteiger partial charge in [-0.2, -0.15) is 18.2 Å². The van der Waals surface area contributed by atoms with E-state index in [0.29, 0.717) is 24.4 Å². The molecule has 1 fully saturated rings. The number of rotatable bonds is 4. The van der Waals surface area contributed by atoms with Gasteiger partial charge in [0.15, 0.2) is 0 Å². The molecule has 0 bridgehead atoms. The van der Waals surface area contributed by atoms with Crippen molar-refractivity contribution in [3.8, 4) is 0 Å². The largest absolute Gasteiger partial charge is 0.416 e. The van der Waals surface area contributed by atoms with Gasteiger partial charge in [0.1, 0.15) is 5.82 Å². The summed E-state index contributed by atoms with van der Waals surface area (Å²) in [4.78, 5) is 22.5. The fourth-order valence-electron chi connectivity index (χ4n) is 3.73. The van der Waals surface area contributed by atoms with Crippen LogP contribution in [0.4, 0.5) is 36.3 Å². The van der Waals surface area contributed by atoms with Crippen LogP contribution in [0.15, 0.2) is 42.5 Å². The number of fused-ring (bicyclic) bond motifs is 1. The zero-order valence-electron chi connectivity index (χ0n) is 16.7. The van der Waals surface area contributed by atoms with Crippen molar-refractivity contribution in [1.82, 2.24) is 15.3 Å². The maximum absolute atomic E-state index is 13.1. The van der Waals surface area contributed by atoms with Crippen molar-refractivity contribution in [2.75, 3.05) is 29.0 Å². The van der Waals surface area contributed by atoms with Crippen molar-refractivity contribution in [3.05, 3.63) is 48.0 Å². The predicted octanol–water partition coefficient (Wildman–Crippen LogP) is 3.69. The molecule has 1 aromatic heterocycles. The summed E-state index contributed by atoms with van der Waals surface area (Å²) in [5.41, 5.74) is 5.59. The van der Waals surface area contributed by atoms with Gasteiger partial charge in [-0.3, -0.25) is 4.79 Å². The number of nitrogens with zero attached hydrogens (tertiary/aromatic N) is 3. The average molecular weight is 430 g/mol. The highest BCUT2D eigenvalue weighted by Crippen LogP contribution is 2.34. The minimum atomic E-state index is -4.52. The van der Waals surface area contributed by atoms with Gasteiger partial charge in [-0.15, -0.1) is 0 Å². The highest BCUT2D eigenvalue weighted by Gasteiger charge is 2.31. The summed E-state index contributed by atoms with van der Waals surface area (Å²) in [6, 6.07) is 10.7. The Morgan fingerprint density at radius 1 is 1.19 bits per heavy atom. The molecule has 1 aliphatic rings. The smallest absolute Gasteiger partial charge is 0.399 e. The van der Waals surface area contributed by atoms with Crippen LogP contribution in [-0.4, -0.2) is 35.0 Å². The van der Waals surface area contributed by atoms with E-state index in [0.717, 1.165) is 23.9 Å². The SMILES string of the molecule is CC(=O)NC1CCN(c2nc(Nc3cc(N)cc(C(F)(F)F)c3)nc3ccccc23)C1. The van der Waals surface area contributed by atoms with Crippen molar-refractivity contribution < 1.29 is 18.0 Å². The van der Waals surface area contributed by atoms with Crippen molar-refractivity contribution in [2.24, 2.45) is 0 Å². The zero-order chi connectivity index (χ0) is 22.2. The molecule has 1 unspecified atom stereocenters. The molecule has 10 heteroatoms. The number of nitrogen functional groups attached to an aromatic ring is 1. The molecule has 4 N–H and O–H groups in total. The number of alkyl halides is 3. The third-order valence-electron chi connectivity index (χ3n) is 5.02. The molecule has 162 valence electrons. The normalized spacial score (nSPS) is 16.5. The maximum Gasteiger partial charge on any atom is 0.416 e. The summed E-state index contributed by atoms with van der Waals surface area (Å²) < 4.78 is 39.4. The number of carbonyl (C=O) groups excluding carboxylic acids is 1. The summed E-state index contributed by atoms with van der Waals surface area (Å²) >= 11 is 0. The number of nitrogens with one attached hydrogen (secondary N) is 2. The van der Waals surface area contributed by atoms with Crippen LogP contribution in [0.5, 0.6) is 0 Å². The Balaban J connectivity index is 1.69. The lowest BCUT2D eigenvalue weighted by Crippen LogP contribution is -2.35. The van der Waals surface area contributed by atoms with Crippen LogP contribution in [0.2, 0.25) is 0 Å². The van der Waals surface area contributed by atoms with E-state index >= 15 is 0 Å². The van der Waals surface area contributed by atoms with E-state index in [4.69, 9.17) is 5.73 Å². The number of carbonyl (C=O) groups is 1. The Kier molecular flexibility index (Phi) is 5.30. The van der Waals surface area contributed by atoms with Crippen LogP contribution in [0.3, 0.4) is 0 Å². The molecule has 1 aliphatic heterocycles. The first-order chi connectivity index (χ1) is 14.7. The molecule has 2 aromatic carbocycles. The van der Waals surface area contributed by atoms with Crippen LogP contribution >= 0.6 is 0 Å². The van der Waals surface area contributed by atoms with Gasteiger partial charge in [0.05, 0.1) is 11.1 Å². The fourth-order valence-corrected chi connectivity index (χ4v) is 3.73. The molecule has 0 radical (unpaired) electrons. The summed E-state index contributed by atoms with van der Waals surface area (Å²) in [6.07, 6.45) is -3.75. The lowest BCUT2D eigenvalue weighted by Gasteiger charge is -2.20. The number of aromatic nitrogens is 2. The van der Waals surface area contributed by atoms with Gasteiger partial charge >= 0.3 is 6.18 Å². The molecule has 3 aromatic rings. The van der Waals surface area contributed by atoms with Crippen molar-refractivity contribution in [2.45, 2.75) is 25.6 Å². The molecule has 1 amide bonds. The number of anilines is 4. The topological polar surface area (TPSA) is 96.2 Å². The van der Waals surface area contributed by atoms with E-state index in [1.54, 1.807) is 0 Å². The standard InChI is InChI=1S/C21H21F3N6O/c1-12(31)26-15-6-7-30(11-15)19-17-4-2-3-5-18(17)28-20(29-19)27-16-9-13(21(22,23)24)8-14(25)10-16/h2-5,8-10,15H,6-7,11,25H2,1H3,(H,26,31)(H,27,28,29). The summed E-state index contributed by atoms with van der Waals surface area (Å²) in [5.74, 6) is 0.722. The van der Waals surface area contributed by atoms with E-state index < -0.39 is 11.7 Å². The number of halogens is 3. The lowest BCUT2D eigenvalue weighted by molar-refractivity contribution is -0.137. The predicted molar refractivity (Wildman–Crippen MR) is 113 cm³/mol. The monoisotopic (exact) mass is 430 g/mol. The van der Waals surface area contributed by atoms with Crippen LogP contribution < -0.4 is 21.3 Å². The van der Waals surface area contributed by atoms with Crippen LogP contribution in [0, 0.1) is 0 Å². The minimum Gasteiger partial charge on any atom is -0.399 e. The average Bonchev–Trinajstić information content (AvgIpc) is 3.14. The quantitative estimate of drug-likeness (QED) is 0.547. The number of amides is 1. The lowest BCUT2D eigenvalue weighted by atomic mass is 10.1. The van der Waals surface area contributed by atoms with Crippen LogP contribution in [-0.2, 0) is 11.0 Å². The number of hydrogen-bond acceptors (Lipinski definition) is 6. The van der Waals surface area contributed by atoms with E-state index in [1.807, 2.05) is 29.2 Å². The first kappa shape index (κ1) is 20.7.